The Hall–Kier alpha value is -2.20. The fourth-order valence-corrected chi connectivity index (χ4v) is 1.73. The van der Waals surface area contributed by atoms with Crippen LogP contribution >= 0.6 is 0 Å². The summed E-state index contributed by atoms with van der Waals surface area (Å²) < 4.78 is 0. The molecule has 0 bridgehead atoms. The smallest absolute Gasteiger partial charge is 0.234 e. The maximum absolute atomic E-state index is 12.1. The first-order valence-electron chi connectivity index (χ1n) is 5.78. The molecule has 0 saturated carbocycles. The molecule has 1 atom stereocenters. The molecule has 4 nitrogen and oxygen atoms in total. The largest absolute Gasteiger partial charge is 0.329 e. The van der Waals surface area contributed by atoms with Crippen LogP contribution in [0.1, 0.15) is 11.5 Å². The third-order valence-corrected chi connectivity index (χ3v) is 2.67. The second kappa shape index (κ2) is 5.93. The zero-order valence-corrected chi connectivity index (χ0v) is 9.91. The SMILES string of the molecule is NCC(C(=O)Nc1ccccn1)c1ccccc1. The molecule has 0 radical (unpaired) electrons. The van der Waals surface area contributed by atoms with Crippen molar-refractivity contribution < 1.29 is 4.79 Å². The molecule has 0 aliphatic heterocycles. The Balaban J connectivity index is 2.12. The van der Waals surface area contributed by atoms with E-state index in [2.05, 4.69) is 10.3 Å². The van der Waals surface area contributed by atoms with Gasteiger partial charge in [0.15, 0.2) is 0 Å². The van der Waals surface area contributed by atoms with Gasteiger partial charge in [-0.25, -0.2) is 4.98 Å². The highest BCUT2D eigenvalue weighted by molar-refractivity contribution is 5.95. The Bertz CT molecular complexity index is 499. The van der Waals surface area contributed by atoms with Gasteiger partial charge in [0.1, 0.15) is 5.82 Å². The average Bonchev–Trinajstić information content (AvgIpc) is 2.42. The van der Waals surface area contributed by atoms with Crippen LogP contribution < -0.4 is 11.1 Å². The van der Waals surface area contributed by atoms with E-state index < -0.39 is 0 Å². The number of hydrogen-bond donors (Lipinski definition) is 2. The standard InChI is InChI=1S/C14H15N3O/c15-10-12(11-6-2-1-3-7-11)14(18)17-13-8-4-5-9-16-13/h1-9,12H,10,15H2,(H,16,17,18). The predicted octanol–water partition coefficient (Wildman–Crippen LogP) is 1.76. The number of nitrogens with zero attached hydrogens (tertiary/aromatic N) is 1. The maximum atomic E-state index is 12.1. The number of carbonyl (C=O) groups is 1. The number of carbonyl (C=O) groups excluding carboxylic acids is 1. The van der Waals surface area contributed by atoms with Gasteiger partial charge >= 0.3 is 0 Å². The van der Waals surface area contributed by atoms with E-state index in [1.807, 2.05) is 36.4 Å². The molecule has 0 saturated heterocycles. The van der Waals surface area contributed by atoms with Crippen LogP contribution in [0.5, 0.6) is 0 Å². The van der Waals surface area contributed by atoms with E-state index in [0.29, 0.717) is 5.82 Å². The highest BCUT2D eigenvalue weighted by Gasteiger charge is 2.18. The fourth-order valence-electron chi connectivity index (χ4n) is 1.73. The summed E-state index contributed by atoms with van der Waals surface area (Å²) in [4.78, 5) is 16.2. The van der Waals surface area contributed by atoms with E-state index in [4.69, 9.17) is 5.73 Å². The van der Waals surface area contributed by atoms with Gasteiger partial charge in [-0.3, -0.25) is 4.79 Å². The Morgan fingerprint density at radius 3 is 2.50 bits per heavy atom. The fraction of sp³-hybridized carbons (Fsp3) is 0.143. The summed E-state index contributed by atoms with van der Waals surface area (Å²) in [5.41, 5.74) is 6.59. The molecule has 1 aromatic heterocycles. The van der Waals surface area contributed by atoms with Crippen molar-refractivity contribution in [3.63, 3.8) is 0 Å². The van der Waals surface area contributed by atoms with Crippen LogP contribution in [0, 0.1) is 0 Å². The molecule has 0 aliphatic rings. The second-order valence-electron chi connectivity index (χ2n) is 3.90. The van der Waals surface area contributed by atoms with Crippen molar-refractivity contribution in [2.45, 2.75) is 5.92 Å². The number of nitrogens with two attached hydrogens (primary N) is 1. The minimum atomic E-state index is -0.354. The zero-order chi connectivity index (χ0) is 12.8. The molecule has 1 amide bonds. The lowest BCUT2D eigenvalue weighted by Crippen LogP contribution is -2.27. The molecule has 18 heavy (non-hydrogen) atoms. The predicted molar refractivity (Wildman–Crippen MR) is 71.1 cm³/mol. The highest BCUT2D eigenvalue weighted by Crippen LogP contribution is 2.16. The van der Waals surface area contributed by atoms with Crippen molar-refractivity contribution in [1.29, 1.82) is 0 Å². The molecule has 1 aromatic carbocycles. The van der Waals surface area contributed by atoms with Crippen LogP contribution in [0.25, 0.3) is 0 Å². The monoisotopic (exact) mass is 241 g/mol. The lowest BCUT2D eigenvalue weighted by atomic mass is 9.98. The molecule has 1 heterocycles. The molecule has 2 rings (SSSR count). The molecule has 3 N–H and O–H groups in total. The molecule has 92 valence electrons. The van der Waals surface area contributed by atoms with Crippen molar-refractivity contribution in [2.24, 2.45) is 5.73 Å². The van der Waals surface area contributed by atoms with Crippen LogP contribution in [0.2, 0.25) is 0 Å². The van der Waals surface area contributed by atoms with Gasteiger partial charge in [0, 0.05) is 12.7 Å². The van der Waals surface area contributed by atoms with Crippen LogP contribution in [-0.4, -0.2) is 17.4 Å². The Morgan fingerprint density at radius 1 is 1.17 bits per heavy atom. The van der Waals surface area contributed by atoms with Crippen LogP contribution in [-0.2, 0) is 4.79 Å². The number of anilines is 1. The first-order valence-corrected chi connectivity index (χ1v) is 5.78. The Morgan fingerprint density at radius 2 is 1.89 bits per heavy atom. The highest BCUT2D eigenvalue weighted by atomic mass is 16.1. The van der Waals surface area contributed by atoms with E-state index >= 15 is 0 Å². The summed E-state index contributed by atoms with van der Waals surface area (Å²) in [6.07, 6.45) is 1.63. The third kappa shape index (κ3) is 2.93. The number of nitrogens with one attached hydrogen (secondary N) is 1. The zero-order valence-electron chi connectivity index (χ0n) is 9.91. The number of benzene rings is 1. The van der Waals surface area contributed by atoms with Gasteiger partial charge in [0.25, 0.3) is 0 Å². The lowest BCUT2D eigenvalue weighted by molar-refractivity contribution is -0.117. The van der Waals surface area contributed by atoms with Gasteiger partial charge in [-0.2, -0.15) is 0 Å². The first kappa shape index (κ1) is 12.3. The molecular formula is C14H15N3O. The molecule has 0 spiro atoms. The van der Waals surface area contributed by atoms with Gasteiger partial charge in [0.05, 0.1) is 5.92 Å². The van der Waals surface area contributed by atoms with Gasteiger partial charge in [-0.15, -0.1) is 0 Å². The minimum absolute atomic E-state index is 0.137. The van der Waals surface area contributed by atoms with E-state index in [9.17, 15) is 4.79 Å². The van der Waals surface area contributed by atoms with Gasteiger partial charge in [0.2, 0.25) is 5.91 Å². The van der Waals surface area contributed by atoms with E-state index in [-0.39, 0.29) is 18.4 Å². The van der Waals surface area contributed by atoms with Crippen molar-refractivity contribution in [1.82, 2.24) is 4.98 Å². The molecular weight excluding hydrogens is 226 g/mol. The normalized spacial score (nSPS) is 11.8. The summed E-state index contributed by atoms with van der Waals surface area (Å²) in [6.45, 7) is 0.267. The van der Waals surface area contributed by atoms with Gasteiger partial charge < -0.3 is 11.1 Å². The maximum Gasteiger partial charge on any atom is 0.234 e. The van der Waals surface area contributed by atoms with E-state index in [1.165, 1.54) is 0 Å². The van der Waals surface area contributed by atoms with Gasteiger partial charge in [-0.1, -0.05) is 36.4 Å². The summed E-state index contributed by atoms with van der Waals surface area (Å²) >= 11 is 0. The number of hydrogen-bond acceptors (Lipinski definition) is 3. The summed E-state index contributed by atoms with van der Waals surface area (Å²) in [7, 11) is 0. The average molecular weight is 241 g/mol. The summed E-state index contributed by atoms with van der Waals surface area (Å²) in [5.74, 6) is 0.0486. The topological polar surface area (TPSA) is 68.0 Å². The third-order valence-electron chi connectivity index (χ3n) is 2.67. The van der Waals surface area contributed by atoms with Crippen LogP contribution in [0.4, 0.5) is 5.82 Å². The van der Waals surface area contributed by atoms with Gasteiger partial charge in [-0.05, 0) is 17.7 Å². The van der Waals surface area contributed by atoms with Crippen LogP contribution in [0.3, 0.4) is 0 Å². The van der Waals surface area contributed by atoms with E-state index in [1.54, 1.807) is 18.3 Å². The van der Waals surface area contributed by atoms with Crippen LogP contribution in [0.15, 0.2) is 54.7 Å². The number of pyridine rings is 1. The lowest BCUT2D eigenvalue weighted by Gasteiger charge is -2.14. The molecule has 0 fully saturated rings. The molecule has 2 aromatic rings. The van der Waals surface area contributed by atoms with E-state index in [0.717, 1.165) is 5.56 Å². The Labute approximate surface area is 106 Å². The second-order valence-corrected chi connectivity index (χ2v) is 3.90. The van der Waals surface area contributed by atoms with Crippen molar-refractivity contribution in [3.05, 3.63) is 60.3 Å². The minimum Gasteiger partial charge on any atom is -0.329 e. The van der Waals surface area contributed by atoms with Crippen molar-refractivity contribution >= 4 is 11.7 Å². The molecule has 4 heteroatoms. The summed E-state index contributed by atoms with van der Waals surface area (Å²) in [6, 6.07) is 14.9. The Kier molecular flexibility index (Phi) is 4.04. The number of rotatable bonds is 4. The van der Waals surface area contributed by atoms with Crippen molar-refractivity contribution in [3.8, 4) is 0 Å². The molecule has 1 unspecified atom stereocenters. The first-order chi connectivity index (χ1) is 8.81. The van der Waals surface area contributed by atoms with Crippen molar-refractivity contribution in [2.75, 3.05) is 11.9 Å². The number of amides is 1. The number of aromatic nitrogens is 1. The summed E-state index contributed by atoms with van der Waals surface area (Å²) in [5, 5.41) is 2.76. The quantitative estimate of drug-likeness (QED) is 0.857. The molecule has 0 aliphatic carbocycles.